The first-order chi connectivity index (χ1) is 9.90. The Morgan fingerprint density at radius 3 is 2.86 bits per heavy atom. The van der Waals surface area contributed by atoms with Gasteiger partial charge in [0.15, 0.2) is 0 Å². The van der Waals surface area contributed by atoms with Crippen LogP contribution in [0.3, 0.4) is 0 Å². The fourth-order valence-electron chi connectivity index (χ4n) is 2.84. The molecule has 1 aromatic carbocycles. The number of carbonyl (C=O) groups excluding carboxylic acids is 1. The summed E-state index contributed by atoms with van der Waals surface area (Å²) in [5.41, 5.74) is 1.99. The number of anilines is 1. The van der Waals surface area contributed by atoms with Gasteiger partial charge in [0.2, 0.25) is 0 Å². The lowest BCUT2D eigenvalue weighted by atomic mass is 9.77. The summed E-state index contributed by atoms with van der Waals surface area (Å²) in [6.07, 6.45) is 2.42. The molecular formula is C17H27N3O. The number of piperidine rings is 1. The van der Waals surface area contributed by atoms with Crippen molar-refractivity contribution in [1.82, 2.24) is 10.6 Å². The van der Waals surface area contributed by atoms with E-state index in [-0.39, 0.29) is 11.3 Å². The van der Waals surface area contributed by atoms with Crippen LogP contribution < -0.4 is 15.5 Å². The van der Waals surface area contributed by atoms with Gasteiger partial charge in [-0.1, -0.05) is 19.9 Å². The lowest BCUT2D eigenvalue weighted by Gasteiger charge is -2.39. The molecule has 0 radical (unpaired) electrons. The normalized spacial score (nSPS) is 20.9. The number of nitrogens with zero attached hydrogens (tertiary/aromatic N) is 1. The van der Waals surface area contributed by atoms with Crippen LogP contribution in [0.1, 0.15) is 37.0 Å². The van der Waals surface area contributed by atoms with Gasteiger partial charge in [-0.15, -0.1) is 0 Å². The van der Waals surface area contributed by atoms with Crippen molar-refractivity contribution in [1.29, 1.82) is 0 Å². The topological polar surface area (TPSA) is 44.4 Å². The minimum Gasteiger partial charge on any atom is -0.378 e. The average Bonchev–Trinajstić information content (AvgIpc) is 2.45. The third kappa shape index (κ3) is 3.97. The van der Waals surface area contributed by atoms with Crippen molar-refractivity contribution >= 4 is 11.6 Å². The molecule has 0 bridgehead atoms. The smallest absolute Gasteiger partial charge is 0.251 e. The SMILES string of the molecule is CN(C)c1cccc(C(=O)NCC2NCCCC2(C)C)c1. The van der Waals surface area contributed by atoms with Gasteiger partial charge >= 0.3 is 0 Å². The lowest BCUT2D eigenvalue weighted by molar-refractivity contribution is 0.0929. The Kier molecular flexibility index (Phi) is 4.88. The molecule has 21 heavy (non-hydrogen) atoms. The lowest BCUT2D eigenvalue weighted by Crippen LogP contribution is -2.52. The first-order valence-corrected chi connectivity index (χ1v) is 7.69. The van der Waals surface area contributed by atoms with Gasteiger partial charge in [-0.3, -0.25) is 4.79 Å². The molecule has 1 aliphatic heterocycles. The zero-order valence-corrected chi connectivity index (χ0v) is 13.6. The van der Waals surface area contributed by atoms with E-state index in [0.717, 1.165) is 17.8 Å². The molecule has 0 saturated carbocycles. The summed E-state index contributed by atoms with van der Waals surface area (Å²) >= 11 is 0. The van der Waals surface area contributed by atoms with Crippen LogP contribution in [0.5, 0.6) is 0 Å². The second-order valence-corrected chi connectivity index (χ2v) is 6.75. The first kappa shape index (κ1) is 15.8. The van der Waals surface area contributed by atoms with Crippen LogP contribution in [0.15, 0.2) is 24.3 Å². The molecule has 1 saturated heterocycles. The highest BCUT2D eigenvalue weighted by atomic mass is 16.1. The van der Waals surface area contributed by atoms with Crippen molar-refractivity contribution in [2.75, 3.05) is 32.1 Å². The second kappa shape index (κ2) is 6.48. The molecule has 116 valence electrons. The highest BCUT2D eigenvalue weighted by Gasteiger charge is 2.31. The van der Waals surface area contributed by atoms with E-state index in [4.69, 9.17) is 0 Å². The molecule has 2 N–H and O–H groups in total. The second-order valence-electron chi connectivity index (χ2n) is 6.75. The summed E-state index contributed by atoms with van der Waals surface area (Å²) in [6, 6.07) is 8.05. The van der Waals surface area contributed by atoms with Gasteiger partial charge in [0.25, 0.3) is 5.91 Å². The summed E-state index contributed by atoms with van der Waals surface area (Å²) in [4.78, 5) is 14.3. The maximum atomic E-state index is 12.3. The molecular weight excluding hydrogens is 262 g/mol. The van der Waals surface area contributed by atoms with E-state index in [9.17, 15) is 4.79 Å². The van der Waals surface area contributed by atoms with Crippen molar-refractivity contribution < 1.29 is 4.79 Å². The number of amides is 1. The third-order valence-electron chi connectivity index (χ3n) is 4.42. The predicted molar refractivity (Wildman–Crippen MR) is 87.9 cm³/mol. The van der Waals surface area contributed by atoms with Crippen LogP contribution in [0.25, 0.3) is 0 Å². The van der Waals surface area contributed by atoms with Gasteiger partial charge in [0.05, 0.1) is 0 Å². The fraction of sp³-hybridized carbons (Fsp3) is 0.588. The fourth-order valence-corrected chi connectivity index (χ4v) is 2.84. The van der Waals surface area contributed by atoms with E-state index < -0.39 is 0 Å². The van der Waals surface area contributed by atoms with Gasteiger partial charge in [0.1, 0.15) is 0 Å². The summed E-state index contributed by atoms with van der Waals surface area (Å²) in [5.74, 6) is 0.00173. The molecule has 0 aromatic heterocycles. The quantitative estimate of drug-likeness (QED) is 0.893. The van der Waals surface area contributed by atoms with E-state index in [2.05, 4.69) is 24.5 Å². The van der Waals surface area contributed by atoms with E-state index >= 15 is 0 Å². The molecule has 1 atom stereocenters. The molecule has 1 heterocycles. The van der Waals surface area contributed by atoms with Gasteiger partial charge in [0, 0.05) is 37.9 Å². The van der Waals surface area contributed by atoms with Crippen LogP contribution in [0.4, 0.5) is 5.69 Å². The maximum Gasteiger partial charge on any atom is 0.251 e. The van der Waals surface area contributed by atoms with Crippen LogP contribution in [-0.2, 0) is 0 Å². The number of hydrogen-bond acceptors (Lipinski definition) is 3. The third-order valence-corrected chi connectivity index (χ3v) is 4.42. The Hall–Kier alpha value is -1.55. The molecule has 1 aliphatic rings. The number of carbonyl (C=O) groups is 1. The number of benzene rings is 1. The molecule has 0 aliphatic carbocycles. The summed E-state index contributed by atoms with van der Waals surface area (Å²) in [6.45, 7) is 6.25. The Balaban J connectivity index is 1.97. The van der Waals surface area contributed by atoms with Crippen LogP contribution in [0, 0.1) is 5.41 Å². The van der Waals surface area contributed by atoms with Crippen molar-refractivity contribution in [3.05, 3.63) is 29.8 Å². The molecule has 1 unspecified atom stereocenters. The van der Waals surface area contributed by atoms with Crippen LogP contribution in [-0.4, -0.2) is 39.1 Å². The van der Waals surface area contributed by atoms with Gasteiger partial charge in [-0.25, -0.2) is 0 Å². The van der Waals surface area contributed by atoms with Gasteiger partial charge < -0.3 is 15.5 Å². The van der Waals surface area contributed by atoms with Crippen molar-refractivity contribution in [2.24, 2.45) is 5.41 Å². The largest absolute Gasteiger partial charge is 0.378 e. The minimum absolute atomic E-state index is 0.00173. The number of rotatable bonds is 4. The molecule has 0 spiro atoms. The Morgan fingerprint density at radius 2 is 2.19 bits per heavy atom. The molecule has 1 amide bonds. The summed E-state index contributed by atoms with van der Waals surface area (Å²) < 4.78 is 0. The van der Waals surface area contributed by atoms with E-state index in [1.165, 1.54) is 12.8 Å². The Labute approximate surface area is 127 Å². The zero-order valence-electron chi connectivity index (χ0n) is 13.6. The standard InChI is InChI=1S/C17H27N3O/c1-17(2)9-6-10-18-15(17)12-19-16(21)13-7-5-8-14(11-13)20(3)4/h5,7-8,11,15,18H,6,9-10,12H2,1-4H3,(H,19,21). The van der Waals surface area contributed by atoms with Crippen molar-refractivity contribution in [3.8, 4) is 0 Å². The van der Waals surface area contributed by atoms with Crippen LogP contribution >= 0.6 is 0 Å². The molecule has 1 aromatic rings. The van der Waals surface area contributed by atoms with E-state index in [0.29, 0.717) is 12.6 Å². The highest BCUT2D eigenvalue weighted by molar-refractivity contribution is 5.95. The van der Waals surface area contributed by atoms with Crippen molar-refractivity contribution in [3.63, 3.8) is 0 Å². The Morgan fingerprint density at radius 1 is 1.43 bits per heavy atom. The number of nitrogens with one attached hydrogen (secondary N) is 2. The first-order valence-electron chi connectivity index (χ1n) is 7.69. The van der Waals surface area contributed by atoms with E-state index in [1.807, 2.05) is 43.3 Å². The predicted octanol–water partition coefficient (Wildman–Crippen LogP) is 2.26. The molecule has 1 fully saturated rings. The van der Waals surface area contributed by atoms with Crippen LogP contribution in [0.2, 0.25) is 0 Å². The minimum atomic E-state index is 0.00173. The Bertz CT molecular complexity index is 497. The van der Waals surface area contributed by atoms with Gasteiger partial charge in [-0.2, -0.15) is 0 Å². The molecule has 4 heteroatoms. The van der Waals surface area contributed by atoms with Crippen molar-refractivity contribution in [2.45, 2.75) is 32.7 Å². The zero-order chi connectivity index (χ0) is 15.5. The molecule has 2 rings (SSSR count). The summed E-state index contributed by atoms with van der Waals surface area (Å²) in [7, 11) is 3.96. The highest BCUT2D eigenvalue weighted by Crippen LogP contribution is 2.29. The van der Waals surface area contributed by atoms with E-state index in [1.54, 1.807) is 0 Å². The average molecular weight is 289 g/mol. The number of hydrogen-bond donors (Lipinski definition) is 2. The monoisotopic (exact) mass is 289 g/mol. The summed E-state index contributed by atoms with van der Waals surface area (Å²) in [5, 5.41) is 6.59. The maximum absolute atomic E-state index is 12.3. The van der Waals surface area contributed by atoms with Gasteiger partial charge in [-0.05, 0) is 43.0 Å². The molecule has 4 nitrogen and oxygen atoms in total.